The van der Waals surface area contributed by atoms with Gasteiger partial charge in [0.2, 0.25) is 0 Å². The molecule has 0 amide bonds. The minimum atomic E-state index is -4.64. The highest BCUT2D eigenvalue weighted by Crippen LogP contribution is 2.38. The lowest BCUT2D eigenvalue weighted by Crippen LogP contribution is -2.19. The lowest BCUT2D eigenvalue weighted by Gasteiger charge is -2.15. The standard InChI is InChI=1S/C15H8Cl3F4NO2/c1-6(14(18)24)25-12-3-8(11(19)4-9(12)16)13-10(17)2-7(5-23-13)15(20,21)22/h2-6H,1H3. The summed E-state index contributed by atoms with van der Waals surface area (Å²) in [6.07, 6.45) is -5.19. The van der Waals surface area contributed by atoms with Gasteiger partial charge in [-0.05, 0) is 36.7 Å². The van der Waals surface area contributed by atoms with E-state index in [1.54, 1.807) is 0 Å². The van der Waals surface area contributed by atoms with E-state index in [-0.39, 0.29) is 22.0 Å². The Hall–Kier alpha value is -1.57. The van der Waals surface area contributed by atoms with Crippen molar-refractivity contribution >= 4 is 40.0 Å². The molecule has 134 valence electrons. The zero-order valence-electron chi connectivity index (χ0n) is 12.3. The number of benzene rings is 1. The molecule has 0 saturated carbocycles. The lowest BCUT2D eigenvalue weighted by molar-refractivity contribution is -0.137. The molecule has 10 heteroatoms. The molecule has 1 aromatic heterocycles. The molecule has 25 heavy (non-hydrogen) atoms. The smallest absolute Gasteiger partial charge is 0.417 e. The second-order valence-corrected chi connectivity index (χ2v) is 6.07. The van der Waals surface area contributed by atoms with Crippen LogP contribution in [0.25, 0.3) is 11.3 Å². The highest BCUT2D eigenvalue weighted by Gasteiger charge is 2.32. The molecule has 0 bridgehead atoms. The monoisotopic (exact) mass is 415 g/mol. The fraction of sp³-hybridized carbons (Fsp3) is 0.200. The van der Waals surface area contributed by atoms with E-state index < -0.39 is 33.9 Å². The first-order valence-corrected chi connectivity index (χ1v) is 7.72. The van der Waals surface area contributed by atoms with Gasteiger partial charge in [0.1, 0.15) is 11.6 Å². The molecule has 0 aliphatic heterocycles. The summed E-state index contributed by atoms with van der Waals surface area (Å²) in [5.41, 5.74) is -1.56. The Morgan fingerprint density at radius 2 is 1.84 bits per heavy atom. The van der Waals surface area contributed by atoms with E-state index in [4.69, 9.17) is 39.5 Å². The van der Waals surface area contributed by atoms with Crippen LogP contribution in [-0.4, -0.2) is 16.3 Å². The van der Waals surface area contributed by atoms with Crippen molar-refractivity contribution in [2.75, 3.05) is 0 Å². The van der Waals surface area contributed by atoms with Gasteiger partial charge in [-0.25, -0.2) is 4.39 Å². The fourth-order valence-corrected chi connectivity index (χ4v) is 2.34. The Morgan fingerprint density at radius 1 is 1.20 bits per heavy atom. The summed E-state index contributed by atoms with van der Waals surface area (Å²) in [7, 11) is 0. The molecule has 1 aromatic carbocycles. The van der Waals surface area contributed by atoms with Gasteiger partial charge in [0, 0.05) is 11.8 Å². The van der Waals surface area contributed by atoms with Crippen LogP contribution in [0.2, 0.25) is 10.0 Å². The molecule has 0 radical (unpaired) electrons. The van der Waals surface area contributed by atoms with Gasteiger partial charge in [0.15, 0.2) is 6.10 Å². The number of carbonyl (C=O) groups is 1. The predicted octanol–water partition coefficient (Wildman–Crippen LogP) is 5.75. The second kappa shape index (κ2) is 7.35. The zero-order valence-corrected chi connectivity index (χ0v) is 14.6. The first-order chi connectivity index (χ1) is 11.5. The van der Waals surface area contributed by atoms with E-state index in [1.807, 2.05) is 0 Å². The maximum Gasteiger partial charge on any atom is 0.417 e. The SMILES string of the molecule is CC(Oc1cc(-c2ncc(C(F)(F)F)cc2Cl)c(F)cc1Cl)C(=O)Cl. The minimum Gasteiger partial charge on any atom is -0.480 e. The first-order valence-electron chi connectivity index (χ1n) is 6.59. The molecule has 1 atom stereocenters. The highest BCUT2D eigenvalue weighted by molar-refractivity contribution is 6.64. The number of aromatic nitrogens is 1. The van der Waals surface area contributed by atoms with Crippen molar-refractivity contribution in [1.29, 1.82) is 0 Å². The molecule has 2 aromatic rings. The quantitative estimate of drug-likeness (QED) is 0.471. The molecule has 0 aliphatic rings. The Bertz CT molecular complexity index is 827. The molecule has 0 fully saturated rings. The van der Waals surface area contributed by atoms with Gasteiger partial charge in [0.25, 0.3) is 5.24 Å². The molecule has 2 rings (SSSR count). The lowest BCUT2D eigenvalue weighted by atomic mass is 10.1. The van der Waals surface area contributed by atoms with Crippen molar-refractivity contribution in [2.24, 2.45) is 0 Å². The molecule has 1 heterocycles. The van der Waals surface area contributed by atoms with Gasteiger partial charge >= 0.3 is 6.18 Å². The van der Waals surface area contributed by atoms with Crippen molar-refractivity contribution in [3.05, 3.63) is 45.8 Å². The number of alkyl halides is 3. The van der Waals surface area contributed by atoms with Crippen LogP contribution in [0.4, 0.5) is 17.6 Å². The van der Waals surface area contributed by atoms with Crippen LogP contribution in [0.15, 0.2) is 24.4 Å². The van der Waals surface area contributed by atoms with Gasteiger partial charge in [-0.3, -0.25) is 9.78 Å². The summed E-state index contributed by atoms with van der Waals surface area (Å²) < 4.78 is 57.4. The molecule has 0 spiro atoms. The Balaban J connectivity index is 2.51. The van der Waals surface area contributed by atoms with E-state index in [9.17, 15) is 22.4 Å². The van der Waals surface area contributed by atoms with E-state index in [2.05, 4.69) is 4.98 Å². The van der Waals surface area contributed by atoms with E-state index >= 15 is 0 Å². The van der Waals surface area contributed by atoms with Crippen molar-refractivity contribution in [1.82, 2.24) is 4.98 Å². The number of rotatable bonds is 4. The fourth-order valence-electron chi connectivity index (χ4n) is 1.83. The Labute approximate surface area is 154 Å². The van der Waals surface area contributed by atoms with Gasteiger partial charge in [-0.2, -0.15) is 13.2 Å². The maximum absolute atomic E-state index is 14.2. The number of hydrogen-bond acceptors (Lipinski definition) is 3. The maximum atomic E-state index is 14.2. The third kappa shape index (κ3) is 4.54. The molecular formula is C15H8Cl3F4NO2. The van der Waals surface area contributed by atoms with Gasteiger partial charge in [-0.1, -0.05) is 23.2 Å². The van der Waals surface area contributed by atoms with E-state index in [0.717, 1.165) is 12.1 Å². The average Bonchev–Trinajstić information content (AvgIpc) is 2.49. The molecule has 0 aliphatic carbocycles. The van der Waals surface area contributed by atoms with Crippen LogP contribution in [0.3, 0.4) is 0 Å². The third-order valence-electron chi connectivity index (χ3n) is 3.07. The van der Waals surface area contributed by atoms with Gasteiger partial charge in [-0.15, -0.1) is 0 Å². The second-order valence-electron chi connectivity index (χ2n) is 4.88. The predicted molar refractivity (Wildman–Crippen MR) is 85.6 cm³/mol. The Morgan fingerprint density at radius 3 is 2.36 bits per heavy atom. The van der Waals surface area contributed by atoms with Crippen molar-refractivity contribution in [3.8, 4) is 17.0 Å². The average molecular weight is 417 g/mol. The number of ether oxygens (including phenoxy) is 1. The summed E-state index contributed by atoms with van der Waals surface area (Å²) >= 11 is 16.9. The molecular weight excluding hydrogens is 409 g/mol. The Kier molecular flexibility index (Phi) is 5.81. The van der Waals surface area contributed by atoms with E-state index in [0.29, 0.717) is 12.3 Å². The largest absolute Gasteiger partial charge is 0.480 e. The number of halogens is 7. The molecule has 0 N–H and O–H groups in total. The summed E-state index contributed by atoms with van der Waals surface area (Å²) in [5.74, 6) is -0.978. The van der Waals surface area contributed by atoms with Gasteiger partial charge < -0.3 is 4.74 Å². The molecule has 3 nitrogen and oxygen atoms in total. The summed E-state index contributed by atoms with van der Waals surface area (Å²) in [5, 5.41) is -1.38. The molecule has 1 unspecified atom stereocenters. The van der Waals surface area contributed by atoms with Gasteiger partial charge in [0.05, 0.1) is 21.3 Å². The van der Waals surface area contributed by atoms with Crippen molar-refractivity contribution in [2.45, 2.75) is 19.2 Å². The van der Waals surface area contributed by atoms with Crippen LogP contribution < -0.4 is 4.74 Å². The zero-order chi connectivity index (χ0) is 18.9. The normalized spacial score (nSPS) is 12.8. The first kappa shape index (κ1) is 19.8. The van der Waals surface area contributed by atoms with E-state index in [1.165, 1.54) is 6.92 Å². The number of pyridine rings is 1. The third-order valence-corrected chi connectivity index (χ3v) is 3.96. The van der Waals surface area contributed by atoms with Crippen molar-refractivity contribution < 1.29 is 27.1 Å². The summed E-state index contributed by atoms with van der Waals surface area (Å²) in [4.78, 5) is 14.6. The van der Waals surface area contributed by atoms with Crippen LogP contribution in [0.1, 0.15) is 12.5 Å². The number of hydrogen-bond donors (Lipinski definition) is 0. The summed E-state index contributed by atoms with van der Waals surface area (Å²) in [6, 6.07) is 2.58. The van der Waals surface area contributed by atoms with Crippen LogP contribution in [0.5, 0.6) is 5.75 Å². The van der Waals surface area contributed by atoms with Crippen LogP contribution in [0, 0.1) is 5.82 Å². The number of nitrogens with zero attached hydrogens (tertiary/aromatic N) is 1. The topological polar surface area (TPSA) is 39.2 Å². The summed E-state index contributed by atoms with van der Waals surface area (Å²) in [6.45, 7) is 1.35. The molecule has 0 saturated heterocycles. The van der Waals surface area contributed by atoms with Crippen molar-refractivity contribution in [3.63, 3.8) is 0 Å². The minimum absolute atomic E-state index is 0.0997. The number of carbonyl (C=O) groups excluding carboxylic acids is 1. The van der Waals surface area contributed by atoms with Crippen LogP contribution >= 0.6 is 34.8 Å². The highest BCUT2D eigenvalue weighted by atomic mass is 35.5. The van der Waals surface area contributed by atoms with Crippen LogP contribution in [-0.2, 0) is 11.0 Å².